The lowest BCUT2D eigenvalue weighted by molar-refractivity contribution is -0.139. The molecular formula is C12H24N2O4S. The van der Waals surface area contributed by atoms with E-state index in [0.717, 1.165) is 12.8 Å². The van der Waals surface area contributed by atoms with E-state index < -0.39 is 18.0 Å². The van der Waals surface area contributed by atoms with Crippen molar-refractivity contribution >= 4 is 23.8 Å². The van der Waals surface area contributed by atoms with E-state index in [9.17, 15) is 9.59 Å². The molecule has 112 valence electrons. The molecule has 0 spiro atoms. The molecule has 3 N–H and O–H groups in total. The minimum absolute atomic E-state index is 0.0926. The molecule has 0 aromatic rings. The van der Waals surface area contributed by atoms with Gasteiger partial charge in [0.05, 0.1) is 12.6 Å². The number of nitrogens with one attached hydrogen (secondary N) is 2. The highest BCUT2D eigenvalue weighted by Crippen LogP contribution is 2.02. The van der Waals surface area contributed by atoms with Crippen LogP contribution in [-0.2, 0) is 9.53 Å². The molecule has 0 saturated heterocycles. The van der Waals surface area contributed by atoms with E-state index in [1.165, 1.54) is 0 Å². The number of carboxylic acid groups (broad SMARTS) is 1. The van der Waals surface area contributed by atoms with Gasteiger partial charge in [-0.05, 0) is 24.9 Å². The Morgan fingerprint density at radius 1 is 1.32 bits per heavy atom. The molecule has 0 rings (SSSR count). The predicted octanol–water partition coefficient (Wildman–Crippen LogP) is 1.31. The summed E-state index contributed by atoms with van der Waals surface area (Å²) in [6.45, 7) is 2.44. The number of ether oxygens (including phenoxy) is 1. The molecule has 0 bridgehead atoms. The first-order chi connectivity index (χ1) is 9.04. The monoisotopic (exact) mass is 292 g/mol. The van der Waals surface area contributed by atoms with Gasteiger partial charge in [-0.1, -0.05) is 13.3 Å². The van der Waals surface area contributed by atoms with E-state index in [1.54, 1.807) is 18.9 Å². The number of rotatable bonds is 10. The molecule has 1 unspecified atom stereocenters. The molecule has 19 heavy (non-hydrogen) atoms. The Balaban J connectivity index is 4.25. The van der Waals surface area contributed by atoms with Crippen molar-refractivity contribution in [3.8, 4) is 0 Å². The molecule has 7 heteroatoms. The fraction of sp³-hybridized carbons (Fsp3) is 0.833. The highest BCUT2D eigenvalue weighted by Gasteiger charge is 2.20. The van der Waals surface area contributed by atoms with E-state index in [1.807, 2.05) is 13.2 Å². The average Bonchev–Trinajstić information content (AvgIpc) is 2.34. The fourth-order valence-corrected chi connectivity index (χ4v) is 2.10. The van der Waals surface area contributed by atoms with Crippen LogP contribution in [0, 0.1) is 0 Å². The molecule has 0 aliphatic heterocycles. The predicted molar refractivity (Wildman–Crippen MR) is 76.7 cm³/mol. The van der Waals surface area contributed by atoms with E-state index in [2.05, 4.69) is 10.6 Å². The second kappa shape index (κ2) is 10.9. The molecule has 0 fully saturated rings. The van der Waals surface area contributed by atoms with Gasteiger partial charge in [0.1, 0.15) is 6.04 Å². The standard InChI is InChI=1S/C12H24N2O4S/c1-4-5-9(8-18-2)13-12(17)14-10(11(15)16)6-7-19-3/h9-10H,4-8H2,1-3H3,(H,15,16)(H2,13,14,17)/t9?,10-/m1/s1. The summed E-state index contributed by atoms with van der Waals surface area (Å²) < 4.78 is 5.01. The van der Waals surface area contributed by atoms with Gasteiger partial charge in [0.25, 0.3) is 0 Å². The Kier molecular flexibility index (Phi) is 10.4. The number of carbonyl (C=O) groups excluding carboxylic acids is 1. The Labute approximate surface area is 118 Å². The lowest BCUT2D eigenvalue weighted by atomic mass is 10.2. The van der Waals surface area contributed by atoms with E-state index >= 15 is 0 Å². The maximum Gasteiger partial charge on any atom is 0.326 e. The smallest absolute Gasteiger partial charge is 0.326 e. The molecule has 0 heterocycles. The van der Waals surface area contributed by atoms with Gasteiger partial charge in [-0.2, -0.15) is 11.8 Å². The SMILES string of the molecule is CCCC(COC)NC(=O)N[C@H](CCSC)C(=O)O. The summed E-state index contributed by atoms with van der Waals surface area (Å²) in [6, 6.07) is -1.40. The molecule has 0 radical (unpaired) electrons. The normalized spacial score (nSPS) is 13.6. The summed E-state index contributed by atoms with van der Waals surface area (Å²) in [7, 11) is 1.57. The second-order valence-electron chi connectivity index (χ2n) is 4.23. The first-order valence-electron chi connectivity index (χ1n) is 6.32. The second-order valence-corrected chi connectivity index (χ2v) is 5.22. The van der Waals surface area contributed by atoms with Crippen molar-refractivity contribution < 1.29 is 19.4 Å². The summed E-state index contributed by atoms with van der Waals surface area (Å²) in [5, 5.41) is 14.2. The molecule has 2 atom stereocenters. The molecule has 0 saturated carbocycles. The zero-order valence-corrected chi connectivity index (χ0v) is 12.6. The van der Waals surface area contributed by atoms with Crippen LogP contribution >= 0.6 is 11.8 Å². The van der Waals surface area contributed by atoms with Crippen LogP contribution in [0.1, 0.15) is 26.2 Å². The van der Waals surface area contributed by atoms with Gasteiger partial charge in [0.2, 0.25) is 0 Å². The summed E-state index contributed by atoms with van der Waals surface area (Å²) in [6.07, 6.45) is 4.02. The van der Waals surface area contributed by atoms with Gasteiger partial charge < -0.3 is 20.5 Å². The van der Waals surface area contributed by atoms with Crippen molar-refractivity contribution in [2.24, 2.45) is 0 Å². The van der Waals surface area contributed by atoms with Crippen molar-refractivity contribution in [2.75, 3.05) is 25.7 Å². The number of thioether (sulfide) groups is 1. The zero-order chi connectivity index (χ0) is 14.7. The number of hydrogen-bond donors (Lipinski definition) is 3. The number of urea groups is 1. The van der Waals surface area contributed by atoms with Crippen molar-refractivity contribution in [1.29, 1.82) is 0 Å². The summed E-state index contributed by atoms with van der Waals surface area (Å²) in [4.78, 5) is 22.7. The van der Waals surface area contributed by atoms with Crippen molar-refractivity contribution in [3.63, 3.8) is 0 Å². The van der Waals surface area contributed by atoms with Crippen LogP contribution < -0.4 is 10.6 Å². The van der Waals surface area contributed by atoms with E-state index in [4.69, 9.17) is 9.84 Å². The highest BCUT2D eigenvalue weighted by molar-refractivity contribution is 7.98. The Morgan fingerprint density at radius 2 is 2.00 bits per heavy atom. The van der Waals surface area contributed by atoms with Gasteiger partial charge in [0.15, 0.2) is 0 Å². The third-order valence-corrected chi connectivity index (χ3v) is 3.20. The minimum Gasteiger partial charge on any atom is -0.480 e. The zero-order valence-electron chi connectivity index (χ0n) is 11.8. The van der Waals surface area contributed by atoms with Gasteiger partial charge in [-0.25, -0.2) is 9.59 Å². The summed E-state index contributed by atoms with van der Waals surface area (Å²) >= 11 is 1.55. The van der Waals surface area contributed by atoms with Crippen LogP contribution in [0.5, 0.6) is 0 Å². The van der Waals surface area contributed by atoms with Gasteiger partial charge >= 0.3 is 12.0 Å². The van der Waals surface area contributed by atoms with Crippen LogP contribution in [0.3, 0.4) is 0 Å². The van der Waals surface area contributed by atoms with E-state index in [-0.39, 0.29) is 6.04 Å². The maximum absolute atomic E-state index is 11.7. The highest BCUT2D eigenvalue weighted by atomic mass is 32.2. The van der Waals surface area contributed by atoms with Gasteiger partial charge in [0, 0.05) is 7.11 Å². The third kappa shape index (κ3) is 8.72. The maximum atomic E-state index is 11.7. The third-order valence-electron chi connectivity index (χ3n) is 2.55. The summed E-state index contributed by atoms with van der Waals surface area (Å²) in [5.41, 5.74) is 0. The number of amides is 2. The molecule has 0 aliphatic carbocycles. The van der Waals surface area contributed by atoms with Gasteiger partial charge in [-0.15, -0.1) is 0 Å². The topological polar surface area (TPSA) is 87.7 Å². The van der Waals surface area contributed by atoms with Crippen LogP contribution in [0.4, 0.5) is 4.79 Å². The average molecular weight is 292 g/mol. The molecule has 0 aromatic heterocycles. The quantitative estimate of drug-likeness (QED) is 0.565. The largest absolute Gasteiger partial charge is 0.480 e. The number of methoxy groups -OCH3 is 1. The Bertz CT molecular complexity index is 270. The van der Waals surface area contributed by atoms with Crippen molar-refractivity contribution in [3.05, 3.63) is 0 Å². The Hall–Kier alpha value is -0.950. The van der Waals surface area contributed by atoms with Crippen molar-refractivity contribution in [1.82, 2.24) is 10.6 Å². The molecule has 6 nitrogen and oxygen atoms in total. The lowest BCUT2D eigenvalue weighted by Crippen LogP contribution is -2.50. The molecule has 0 aliphatic rings. The first-order valence-corrected chi connectivity index (χ1v) is 7.72. The molecule has 2 amide bonds. The van der Waals surface area contributed by atoms with Crippen LogP contribution in [0.25, 0.3) is 0 Å². The summed E-state index contributed by atoms with van der Waals surface area (Å²) in [5.74, 6) is -0.323. The number of carboxylic acids is 1. The molecular weight excluding hydrogens is 268 g/mol. The van der Waals surface area contributed by atoms with Gasteiger partial charge in [-0.3, -0.25) is 0 Å². The number of aliphatic carboxylic acids is 1. The number of hydrogen-bond acceptors (Lipinski definition) is 4. The number of carbonyl (C=O) groups is 2. The van der Waals surface area contributed by atoms with Crippen LogP contribution in [-0.4, -0.2) is 54.9 Å². The van der Waals surface area contributed by atoms with Crippen LogP contribution in [0.2, 0.25) is 0 Å². The van der Waals surface area contributed by atoms with E-state index in [0.29, 0.717) is 18.8 Å². The fourth-order valence-electron chi connectivity index (χ4n) is 1.63. The lowest BCUT2D eigenvalue weighted by Gasteiger charge is -2.20. The minimum atomic E-state index is -1.01. The van der Waals surface area contributed by atoms with Crippen molar-refractivity contribution in [2.45, 2.75) is 38.3 Å². The first kappa shape index (κ1) is 18.0. The van der Waals surface area contributed by atoms with Crippen LogP contribution in [0.15, 0.2) is 0 Å². The Morgan fingerprint density at radius 3 is 2.47 bits per heavy atom. The molecule has 0 aromatic carbocycles.